The van der Waals surface area contributed by atoms with E-state index in [2.05, 4.69) is 44.2 Å². The van der Waals surface area contributed by atoms with E-state index in [9.17, 15) is 4.79 Å². The molecule has 17 heavy (non-hydrogen) atoms. The predicted molar refractivity (Wildman–Crippen MR) is 75.1 cm³/mol. The first-order valence-electron chi connectivity index (χ1n) is 6.58. The molecule has 0 aromatic carbocycles. The summed E-state index contributed by atoms with van der Waals surface area (Å²) in [4.78, 5) is 14.4. The Morgan fingerprint density at radius 3 is 2.53 bits per heavy atom. The van der Waals surface area contributed by atoms with Crippen molar-refractivity contribution in [2.45, 2.75) is 58.8 Å². The minimum atomic E-state index is 0.0317. The van der Waals surface area contributed by atoms with Gasteiger partial charge >= 0.3 is 0 Å². The molecule has 1 amide bonds. The van der Waals surface area contributed by atoms with Gasteiger partial charge in [0.05, 0.1) is 12.2 Å². The molecule has 1 rings (SSSR count). The highest BCUT2D eigenvalue weighted by molar-refractivity contribution is 7.98. The van der Waals surface area contributed by atoms with Crippen molar-refractivity contribution in [3.8, 4) is 0 Å². The van der Waals surface area contributed by atoms with Crippen molar-refractivity contribution in [2.24, 2.45) is 5.92 Å². The van der Waals surface area contributed by atoms with Crippen LogP contribution in [0.15, 0.2) is 0 Å². The van der Waals surface area contributed by atoms with E-state index in [1.54, 1.807) is 11.8 Å². The third-order valence-corrected chi connectivity index (χ3v) is 4.07. The van der Waals surface area contributed by atoms with Crippen LogP contribution in [0.25, 0.3) is 0 Å². The zero-order valence-corrected chi connectivity index (χ0v) is 12.5. The number of amides is 1. The summed E-state index contributed by atoms with van der Waals surface area (Å²) >= 11 is 1.80. The lowest BCUT2D eigenvalue weighted by atomic mass is 10.0. The maximum atomic E-state index is 12.4. The van der Waals surface area contributed by atoms with Crippen LogP contribution >= 0.6 is 11.8 Å². The Hall–Kier alpha value is -0.220. The van der Waals surface area contributed by atoms with Gasteiger partial charge in [0.1, 0.15) is 0 Å². The second-order valence-electron chi connectivity index (χ2n) is 5.32. The topological polar surface area (TPSA) is 32.3 Å². The quantitative estimate of drug-likeness (QED) is 0.793. The van der Waals surface area contributed by atoms with E-state index in [0.29, 0.717) is 17.9 Å². The van der Waals surface area contributed by atoms with Crippen molar-refractivity contribution in [1.29, 1.82) is 0 Å². The van der Waals surface area contributed by atoms with Crippen LogP contribution in [0.2, 0.25) is 0 Å². The van der Waals surface area contributed by atoms with Gasteiger partial charge in [-0.05, 0) is 31.9 Å². The molecule has 3 nitrogen and oxygen atoms in total. The van der Waals surface area contributed by atoms with Crippen molar-refractivity contribution in [2.75, 3.05) is 12.0 Å². The normalized spacial score (nSPS) is 26.9. The molecular weight excluding hydrogens is 232 g/mol. The maximum absolute atomic E-state index is 12.4. The summed E-state index contributed by atoms with van der Waals surface area (Å²) in [6.07, 6.45) is 4.25. The molecule has 1 aliphatic heterocycles. The van der Waals surface area contributed by atoms with Crippen LogP contribution in [0, 0.1) is 5.92 Å². The largest absolute Gasteiger partial charge is 0.322 e. The van der Waals surface area contributed by atoms with Gasteiger partial charge in [0.2, 0.25) is 5.91 Å². The van der Waals surface area contributed by atoms with Crippen LogP contribution in [0.5, 0.6) is 0 Å². The third-order valence-electron chi connectivity index (χ3n) is 3.26. The first-order valence-corrected chi connectivity index (χ1v) is 7.97. The zero-order valence-electron chi connectivity index (χ0n) is 11.7. The SMILES string of the molecule is CCC1NC(CC(C)C)C(=O)N1C(C)CSC. The summed E-state index contributed by atoms with van der Waals surface area (Å²) < 4.78 is 0. The average Bonchev–Trinajstić information content (AvgIpc) is 2.55. The molecule has 1 heterocycles. The monoisotopic (exact) mass is 258 g/mol. The van der Waals surface area contributed by atoms with Crippen molar-refractivity contribution in [1.82, 2.24) is 10.2 Å². The Kier molecular flexibility index (Phi) is 5.80. The fraction of sp³-hybridized carbons (Fsp3) is 0.923. The van der Waals surface area contributed by atoms with Crippen LogP contribution in [0.3, 0.4) is 0 Å². The standard InChI is InChI=1S/C13H26N2OS/c1-6-12-14-11(7-9(2)3)13(16)15(12)10(4)8-17-5/h9-12,14H,6-8H2,1-5H3. The van der Waals surface area contributed by atoms with Crippen molar-refractivity contribution in [3.05, 3.63) is 0 Å². The number of carbonyl (C=O) groups is 1. The van der Waals surface area contributed by atoms with Gasteiger partial charge in [0, 0.05) is 11.8 Å². The minimum absolute atomic E-state index is 0.0317. The highest BCUT2D eigenvalue weighted by atomic mass is 32.2. The number of hydrogen-bond acceptors (Lipinski definition) is 3. The van der Waals surface area contributed by atoms with Gasteiger partial charge in [-0.1, -0.05) is 20.8 Å². The fourth-order valence-electron chi connectivity index (χ4n) is 2.52. The summed E-state index contributed by atoms with van der Waals surface area (Å²) in [6, 6.07) is 0.358. The Balaban J connectivity index is 2.71. The third kappa shape index (κ3) is 3.62. The van der Waals surface area contributed by atoms with Gasteiger partial charge < -0.3 is 4.90 Å². The molecule has 1 N–H and O–H groups in total. The molecule has 1 saturated heterocycles. The van der Waals surface area contributed by atoms with Crippen LogP contribution in [-0.2, 0) is 4.79 Å². The number of carbonyl (C=O) groups excluding carboxylic acids is 1. The first kappa shape index (κ1) is 14.8. The van der Waals surface area contributed by atoms with E-state index in [-0.39, 0.29) is 12.2 Å². The summed E-state index contributed by atoms with van der Waals surface area (Å²) in [7, 11) is 0. The molecule has 3 unspecified atom stereocenters. The zero-order chi connectivity index (χ0) is 13.0. The van der Waals surface area contributed by atoms with E-state index in [1.165, 1.54) is 0 Å². The fourth-order valence-corrected chi connectivity index (χ4v) is 3.16. The average molecular weight is 258 g/mol. The van der Waals surface area contributed by atoms with Crippen molar-refractivity contribution >= 4 is 17.7 Å². The molecule has 0 aromatic heterocycles. The number of nitrogens with zero attached hydrogens (tertiary/aromatic N) is 1. The molecule has 4 heteroatoms. The molecule has 0 spiro atoms. The number of nitrogens with one attached hydrogen (secondary N) is 1. The number of rotatable bonds is 6. The lowest BCUT2D eigenvalue weighted by molar-refractivity contribution is -0.131. The minimum Gasteiger partial charge on any atom is -0.322 e. The van der Waals surface area contributed by atoms with Crippen molar-refractivity contribution in [3.63, 3.8) is 0 Å². The summed E-state index contributed by atoms with van der Waals surface area (Å²) in [6.45, 7) is 8.63. The predicted octanol–water partition coefficient (Wildman–Crippen LogP) is 2.32. The molecule has 0 saturated carbocycles. The summed E-state index contributed by atoms with van der Waals surface area (Å²) in [5.41, 5.74) is 0. The van der Waals surface area contributed by atoms with Crippen LogP contribution in [0.4, 0.5) is 0 Å². The summed E-state index contributed by atoms with van der Waals surface area (Å²) in [5.74, 6) is 1.87. The molecule has 0 aliphatic carbocycles. The van der Waals surface area contributed by atoms with Crippen LogP contribution in [-0.4, -0.2) is 41.1 Å². The van der Waals surface area contributed by atoms with Gasteiger partial charge in [-0.15, -0.1) is 0 Å². The molecule has 1 fully saturated rings. The molecule has 1 aliphatic rings. The van der Waals surface area contributed by atoms with Gasteiger partial charge in [-0.3, -0.25) is 10.1 Å². The summed E-state index contributed by atoms with van der Waals surface area (Å²) in [5, 5.41) is 3.48. The molecule has 100 valence electrons. The Morgan fingerprint density at radius 2 is 2.06 bits per heavy atom. The van der Waals surface area contributed by atoms with Crippen LogP contribution in [0.1, 0.15) is 40.5 Å². The molecule has 0 bridgehead atoms. The van der Waals surface area contributed by atoms with Gasteiger partial charge in [-0.2, -0.15) is 11.8 Å². The number of thioether (sulfide) groups is 1. The van der Waals surface area contributed by atoms with E-state index >= 15 is 0 Å². The molecule has 0 radical (unpaired) electrons. The highest BCUT2D eigenvalue weighted by Gasteiger charge is 2.39. The number of hydrogen-bond donors (Lipinski definition) is 1. The van der Waals surface area contributed by atoms with E-state index in [0.717, 1.165) is 18.6 Å². The lowest BCUT2D eigenvalue weighted by Gasteiger charge is -2.29. The smallest absolute Gasteiger partial charge is 0.241 e. The molecule has 0 aromatic rings. The van der Waals surface area contributed by atoms with E-state index in [1.807, 2.05) is 0 Å². The molecule has 3 atom stereocenters. The Morgan fingerprint density at radius 1 is 1.41 bits per heavy atom. The first-order chi connectivity index (χ1) is 8.01. The van der Waals surface area contributed by atoms with Crippen molar-refractivity contribution < 1.29 is 4.79 Å². The van der Waals surface area contributed by atoms with Gasteiger partial charge in [0.15, 0.2) is 0 Å². The van der Waals surface area contributed by atoms with E-state index < -0.39 is 0 Å². The second-order valence-corrected chi connectivity index (χ2v) is 6.23. The molecular formula is C13H26N2OS. The van der Waals surface area contributed by atoms with Crippen LogP contribution < -0.4 is 5.32 Å². The highest BCUT2D eigenvalue weighted by Crippen LogP contribution is 2.22. The Bertz CT molecular complexity index is 258. The van der Waals surface area contributed by atoms with Gasteiger partial charge in [0.25, 0.3) is 0 Å². The second kappa shape index (κ2) is 6.64. The lowest BCUT2D eigenvalue weighted by Crippen LogP contribution is -2.44. The van der Waals surface area contributed by atoms with Gasteiger partial charge in [-0.25, -0.2) is 0 Å². The Labute approximate surface area is 110 Å². The van der Waals surface area contributed by atoms with E-state index in [4.69, 9.17) is 0 Å². The maximum Gasteiger partial charge on any atom is 0.241 e.